The fraction of sp³-hybridized carbons (Fsp3) is 0.529. The molecule has 1 rings (SSSR count). The zero-order valence-corrected chi connectivity index (χ0v) is 15.2. The standard InChI is InChI=1S/C17H25N3O5/c1-16(2,3)25-15(22)18-11-17(4,5)19-14(21)10-12-6-8-13(9-7-12)20(23)24/h6-9H,10-11H2,1-5H3,(H,18,22)(H,19,21). The van der Waals surface area contributed by atoms with Crippen molar-refractivity contribution in [2.75, 3.05) is 6.54 Å². The number of rotatable bonds is 6. The first-order valence-electron chi connectivity index (χ1n) is 7.89. The van der Waals surface area contributed by atoms with Crippen LogP contribution in [0, 0.1) is 10.1 Å². The molecule has 0 saturated carbocycles. The predicted octanol–water partition coefficient (Wildman–Crippen LogP) is 2.56. The van der Waals surface area contributed by atoms with E-state index < -0.39 is 22.2 Å². The number of nitro benzene ring substituents is 1. The lowest BCUT2D eigenvalue weighted by molar-refractivity contribution is -0.384. The molecule has 138 valence electrons. The quantitative estimate of drug-likeness (QED) is 0.604. The second-order valence-corrected chi connectivity index (χ2v) is 7.39. The molecule has 1 aromatic rings. The molecule has 25 heavy (non-hydrogen) atoms. The number of nitro groups is 1. The molecule has 0 bridgehead atoms. The third-order valence-corrected chi connectivity index (χ3v) is 3.06. The van der Waals surface area contributed by atoms with Crippen molar-refractivity contribution in [1.29, 1.82) is 0 Å². The van der Waals surface area contributed by atoms with E-state index in [0.717, 1.165) is 0 Å². The van der Waals surface area contributed by atoms with E-state index in [9.17, 15) is 19.7 Å². The lowest BCUT2D eigenvalue weighted by Crippen LogP contribution is -2.52. The van der Waals surface area contributed by atoms with Crippen LogP contribution in [-0.2, 0) is 16.0 Å². The van der Waals surface area contributed by atoms with E-state index in [4.69, 9.17) is 4.74 Å². The van der Waals surface area contributed by atoms with Gasteiger partial charge in [0.25, 0.3) is 5.69 Å². The van der Waals surface area contributed by atoms with Crippen LogP contribution < -0.4 is 10.6 Å². The van der Waals surface area contributed by atoms with Crippen molar-refractivity contribution in [1.82, 2.24) is 10.6 Å². The van der Waals surface area contributed by atoms with Crippen molar-refractivity contribution in [3.8, 4) is 0 Å². The number of benzene rings is 1. The molecule has 0 saturated heterocycles. The first-order chi connectivity index (χ1) is 11.4. The summed E-state index contributed by atoms with van der Waals surface area (Å²) in [7, 11) is 0. The van der Waals surface area contributed by atoms with E-state index in [0.29, 0.717) is 5.56 Å². The number of nitrogens with zero attached hydrogens (tertiary/aromatic N) is 1. The Morgan fingerprint density at radius 2 is 1.68 bits per heavy atom. The molecule has 0 aliphatic rings. The van der Waals surface area contributed by atoms with Crippen molar-refractivity contribution in [3.63, 3.8) is 0 Å². The highest BCUT2D eigenvalue weighted by Gasteiger charge is 2.23. The van der Waals surface area contributed by atoms with Gasteiger partial charge in [0.1, 0.15) is 5.60 Å². The van der Waals surface area contributed by atoms with Gasteiger partial charge in [0.2, 0.25) is 5.91 Å². The van der Waals surface area contributed by atoms with Gasteiger partial charge in [0, 0.05) is 18.7 Å². The largest absolute Gasteiger partial charge is 0.444 e. The van der Waals surface area contributed by atoms with E-state index in [2.05, 4.69) is 10.6 Å². The van der Waals surface area contributed by atoms with Crippen molar-refractivity contribution in [2.45, 2.75) is 52.2 Å². The molecule has 0 unspecified atom stereocenters. The van der Waals surface area contributed by atoms with E-state index in [1.807, 2.05) is 0 Å². The molecular formula is C17H25N3O5. The summed E-state index contributed by atoms with van der Waals surface area (Å²) in [6.45, 7) is 9.06. The van der Waals surface area contributed by atoms with Gasteiger partial charge in [-0.1, -0.05) is 12.1 Å². The van der Waals surface area contributed by atoms with Gasteiger partial charge < -0.3 is 15.4 Å². The summed E-state index contributed by atoms with van der Waals surface area (Å²) in [6, 6.07) is 5.81. The zero-order valence-electron chi connectivity index (χ0n) is 15.2. The Morgan fingerprint density at radius 1 is 1.12 bits per heavy atom. The van der Waals surface area contributed by atoms with E-state index in [-0.39, 0.29) is 24.6 Å². The first-order valence-corrected chi connectivity index (χ1v) is 7.89. The Morgan fingerprint density at radius 3 is 2.16 bits per heavy atom. The second-order valence-electron chi connectivity index (χ2n) is 7.39. The number of carbonyl (C=O) groups excluding carboxylic acids is 2. The summed E-state index contributed by atoms with van der Waals surface area (Å²) < 4.78 is 5.15. The van der Waals surface area contributed by atoms with Crippen LogP contribution in [0.2, 0.25) is 0 Å². The summed E-state index contributed by atoms with van der Waals surface area (Å²) >= 11 is 0. The molecule has 8 nitrogen and oxygen atoms in total. The van der Waals surface area contributed by atoms with Gasteiger partial charge in [0.15, 0.2) is 0 Å². The molecule has 0 fully saturated rings. The average Bonchev–Trinajstić information content (AvgIpc) is 2.43. The Bertz CT molecular complexity index is 633. The lowest BCUT2D eigenvalue weighted by Gasteiger charge is -2.27. The predicted molar refractivity (Wildman–Crippen MR) is 93.3 cm³/mol. The van der Waals surface area contributed by atoms with Gasteiger partial charge in [-0.15, -0.1) is 0 Å². The topological polar surface area (TPSA) is 111 Å². The summed E-state index contributed by atoms with van der Waals surface area (Å²) in [4.78, 5) is 33.9. The zero-order chi connectivity index (χ0) is 19.3. The first kappa shape index (κ1) is 20.4. The SMILES string of the molecule is CC(C)(CNC(=O)OC(C)(C)C)NC(=O)Cc1ccc([N+](=O)[O-])cc1. The van der Waals surface area contributed by atoms with Crippen LogP contribution >= 0.6 is 0 Å². The minimum atomic E-state index is -0.672. The molecule has 0 aliphatic heterocycles. The number of hydrogen-bond acceptors (Lipinski definition) is 5. The third-order valence-electron chi connectivity index (χ3n) is 3.06. The summed E-state index contributed by atoms with van der Waals surface area (Å²) in [6.07, 6.45) is -0.460. The second kappa shape index (κ2) is 7.96. The lowest BCUT2D eigenvalue weighted by atomic mass is 10.0. The molecule has 2 amide bonds. The van der Waals surface area contributed by atoms with Crippen LogP contribution in [0.15, 0.2) is 24.3 Å². The van der Waals surface area contributed by atoms with Gasteiger partial charge >= 0.3 is 6.09 Å². The fourth-order valence-corrected chi connectivity index (χ4v) is 1.99. The molecule has 0 spiro atoms. The molecule has 8 heteroatoms. The average molecular weight is 351 g/mol. The van der Waals surface area contributed by atoms with Crippen molar-refractivity contribution in [2.24, 2.45) is 0 Å². The molecular weight excluding hydrogens is 326 g/mol. The number of hydrogen-bond donors (Lipinski definition) is 2. The Kier molecular flexibility index (Phi) is 6.49. The van der Waals surface area contributed by atoms with E-state index in [1.165, 1.54) is 12.1 Å². The van der Waals surface area contributed by atoms with Crippen LogP contribution in [0.1, 0.15) is 40.2 Å². The highest BCUT2D eigenvalue weighted by atomic mass is 16.6. The maximum absolute atomic E-state index is 12.1. The van der Waals surface area contributed by atoms with Crippen LogP contribution in [0.5, 0.6) is 0 Å². The number of amides is 2. The van der Waals surface area contributed by atoms with Gasteiger partial charge in [-0.3, -0.25) is 14.9 Å². The molecule has 0 radical (unpaired) electrons. The smallest absolute Gasteiger partial charge is 0.407 e. The minimum Gasteiger partial charge on any atom is -0.444 e. The molecule has 2 N–H and O–H groups in total. The van der Waals surface area contributed by atoms with Crippen LogP contribution in [0.25, 0.3) is 0 Å². The Hall–Kier alpha value is -2.64. The van der Waals surface area contributed by atoms with E-state index in [1.54, 1.807) is 46.8 Å². The molecule has 0 atom stereocenters. The van der Waals surface area contributed by atoms with Gasteiger partial charge in [-0.05, 0) is 40.2 Å². The monoisotopic (exact) mass is 351 g/mol. The third kappa shape index (κ3) is 8.14. The highest BCUT2D eigenvalue weighted by Crippen LogP contribution is 2.13. The molecule has 0 heterocycles. The van der Waals surface area contributed by atoms with Crippen molar-refractivity contribution in [3.05, 3.63) is 39.9 Å². The maximum Gasteiger partial charge on any atom is 0.407 e. The highest BCUT2D eigenvalue weighted by molar-refractivity contribution is 5.79. The molecule has 0 aromatic heterocycles. The van der Waals surface area contributed by atoms with Crippen molar-refractivity contribution >= 4 is 17.7 Å². The van der Waals surface area contributed by atoms with Crippen LogP contribution in [-0.4, -0.2) is 34.6 Å². The van der Waals surface area contributed by atoms with Crippen LogP contribution in [0.3, 0.4) is 0 Å². The number of nitrogens with one attached hydrogen (secondary N) is 2. The molecule has 1 aromatic carbocycles. The van der Waals surface area contributed by atoms with Crippen LogP contribution in [0.4, 0.5) is 10.5 Å². The number of ether oxygens (including phenoxy) is 1. The fourth-order valence-electron chi connectivity index (χ4n) is 1.99. The van der Waals surface area contributed by atoms with Gasteiger partial charge in [-0.2, -0.15) is 0 Å². The maximum atomic E-state index is 12.1. The summed E-state index contributed by atoms with van der Waals surface area (Å²) in [5.41, 5.74) is -0.618. The Balaban J connectivity index is 2.51. The minimum absolute atomic E-state index is 0.0222. The number of alkyl carbamates (subject to hydrolysis) is 1. The normalized spacial score (nSPS) is 11.6. The number of carbonyl (C=O) groups is 2. The van der Waals surface area contributed by atoms with E-state index >= 15 is 0 Å². The van der Waals surface area contributed by atoms with Gasteiger partial charge in [-0.25, -0.2) is 4.79 Å². The van der Waals surface area contributed by atoms with Gasteiger partial charge in [0.05, 0.1) is 16.9 Å². The summed E-state index contributed by atoms with van der Waals surface area (Å²) in [5.74, 6) is -0.246. The molecule has 0 aliphatic carbocycles. The van der Waals surface area contributed by atoms with Crippen molar-refractivity contribution < 1.29 is 19.2 Å². The Labute approximate surface area is 147 Å². The summed E-state index contributed by atoms with van der Waals surface area (Å²) in [5, 5.41) is 16.1. The number of non-ortho nitro benzene ring substituents is 1.